The minimum Gasteiger partial charge on any atom is -0.387 e. The first-order valence-electron chi connectivity index (χ1n) is 4.61. The lowest BCUT2D eigenvalue weighted by molar-refractivity contribution is -0.0227. The molecule has 1 N–H and O–H groups in total. The van der Waals surface area contributed by atoms with Gasteiger partial charge in [-0.1, -0.05) is 12.8 Å². The highest BCUT2D eigenvalue weighted by Crippen LogP contribution is 2.38. The van der Waals surface area contributed by atoms with Crippen LogP contribution in [0.2, 0.25) is 0 Å². The molecule has 1 atom stereocenters. The number of hydrogen-bond donors (Lipinski definition) is 1. The summed E-state index contributed by atoms with van der Waals surface area (Å²) in [4.78, 5) is 0. The van der Waals surface area contributed by atoms with Crippen LogP contribution in [0.15, 0.2) is 0 Å². The Bertz CT molecular complexity index is 132. The van der Waals surface area contributed by atoms with Crippen LogP contribution in [0.5, 0.6) is 0 Å². The summed E-state index contributed by atoms with van der Waals surface area (Å²) in [5.74, 6) is 0.532. The van der Waals surface area contributed by atoms with Crippen LogP contribution in [0.25, 0.3) is 0 Å². The molecule has 2 heteroatoms. The van der Waals surface area contributed by atoms with Gasteiger partial charge in [-0.05, 0) is 18.8 Å². The summed E-state index contributed by atoms with van der Waals surface area (Å²) in [5, 5.41) is 10.1. The second kappa shape index (κ2) is 2.76. The van der Waals surface area contributed by atoms with E-state index in [1.165, 1.54) is 25.7 Å². The molecule has 1 saturated carbocycles. The minimum atomic E-state index is -0.448. The first-order valence-corrected chi connectivity index (χ1v) is 4.61. The van der Waals surface area contributed by atoms with Crippen LogP contribution in [0.1, 0.15) is 32.1 Å². The lowest BCUT2D eigenvalue weighted by Crippen LogP contribution is -2.36. The Morgan fingerprint density at radius 1 is 1.27 bits per heavy atom. The molecule has 2 nitrogen and oxygen atoms in total. The summed E-state index contributed by atoms with van der Waals surface area (Å²) >= 11 is 0. The predicted octanol–water partition coefficient (Wildman–Crippen LogP) is 1.33. The lowest BCUT2D eigenvalue weighted by Gasteiger charge is -2.27. The van der Waals surface area contributed by atoms with Crippen LogP contribution in [0.4, 0.5) is 0 Å². The van der Waals surface area contributed by atoms with Gasteiger partial charge in [0.2, 0.25) is 0 Å². The van der Waals surface area contributed by atoms with Crippen molar-refractivity contribution in [2.75, 3.05) is 13.2 Å². The number of ether oxygens (including phenoxy) is 1. The Hall–Kier alpha value is -0.0800. The number of hydrogen-bond acceptors (Lipinski definition) is 2. The molecule has 0 aromatic heterocycles. The van der Waals surface area contributed by atoms with Crippen molar-refractivity contribution in [1.29, 1.82) is 0 Å². The first-order chi connectivity index (χ1) is 5.31. The van der Waals surface area contributed by atoms with E-state index in [1.54, 1.807) is 0 Å². The van der Waals surface area contributed by atoms with Crippen molar-refractivity contribution in [3.8, 4) is 0 Å². The van der Waals surface area contributed by atoms with E-state index in [0.717, 1.165) is 13.0 Å². The maximum atomic E-state index is 10.1. The third-order valence-electron chi connectivity index (χ3n) is 3.15. The molecular formula is C9H16O2. The van der Waals surface area contributed by atoms with Gasteiger partial charge in [0.1, 0.15) is 0 Å². The SMILES string of the molecule is OC1(C2CCCC2)CCOC1. The average molecular weight is 156 g/mol. The van der Waals surface area contributed by atoms with Gasteiger partial charge in [0.15, 0.2) is 0 Å². The van der Waals surface area contributed by atoms with E-state index < -0.39 is 5.60 Å². The Morgan fingerprint density at radius 2 is 2.00 bits per heavy atom. The first kappa shape index (κ1) is 7.56. The molecule has 1 aliphatic carbocycles. The molecule has 64 valence electrons. The molecule has 1 heterocycles. The third-order valence-corrected chi connectivity index (χ3v) is 3.15. The van der Waals surface area contributed by atoms with Crippen LogP contribution in [0, 0.1) is 5.92 Å². The fourth-order valence-corrected chi connectivity index (χ4v) is 2.36. The van der Waals surface area contributed by atoms with Gasteiger partial charge in [-0.2, -0.15) is 0 Å². The van der Waals surface area contributed by atoms with Crippen LogP contribution < -0.4 is 0 Å². The summed E-state index contributed by atoms with van der Waals surface area (Å²) in [6.45, 7) is 1.34. The Kier molecular flexibility index (Phi) is 1.90. The molecule has 1 saturated heterocycles. The van der Waals surface area contributed by atoms with Crippen molar-refractivity contribution in [3.63, 3.8) is 0 Å². The molecule has 2 rings (SSSR count). The third kappa shape index (κ3) is 1.30. The van der Waals surface area contributed by atoms with Crippen molar-refractivity contribution >= 4 is 0 Å². The van der Waals surface area contributed by atoms with Gasteiger partial charge in [-0.15, -0.1) is 0 Å². The van der Waals surface area contributed by atoms with Gasteiger partial charge in [0.25, 0.3) is 0 Å². The van der Waals surface area contributed by atoms with Crippen LogP contribution in [-0.4, -0.2) is 23.9 Å². The maximum Gasteiger partial charge on any atom is 0.0929 e. The van der Waals surface area contributed by atoms with Gasteiger partial charge < -0.3 is 9.84 Å². The van der Waals surface area contributed by atoms with Gasteiger partial charge in [-0.3, -0.25) is 0 Å². The van der Waals surface area contributed by atoms with Gasteiger partial charge >= 0.3 is 0 Å². The Labute approximate surface area is 67.6 Å². The molecule has 2 aliphatic rings. The van der Waals surface area contributed by atoms with E-state index in [9.17, 15) is 5.11 Å². The largest absolute Gasteiger partial charge is 0.387 e. The Morgan fingerprint density at radius 3 is 2.55 bits per heavy atom. The van der Waals surface area contributed by atoms with E-state index in [2.05, 4.69) is 0 Å². The zero-order chi connectivity index (χ0) is 7.73. The Balaban J connectivity index is 2.00. The molecule has 0 aromatic carbocycles. The minimum absolute atomic E-state index is 0.448. The van der Waals surface area contributed by atoms with Crippen LogP contribution in [-0.2, 0) is 4.74 Å². The monoisotopic (exact) mass is 156 g/mol. The van der Waals surface area contributed by atoms with E-state index >= 15 is 0 Å². The zero-order valence-corrected chi connectivity index (χ0v) is 6.88. The second-order valence-electron chi connectivity index (χ2n) is 3.89. The van der Waals surface area contributed by atoms with Gasteiger partial charge in [-0.25, -0.2) is 0 Å². The molecule has 0 spiro atoms. The fourth-order valence-electron chi connectivity index (χ4n) is 2.36. The molecule has 2 fully saturated rings. The fraction of sp³-hybridized carbons (Fsp3) is 1.00. The van der Waals surface area contributed by atoms with E-state index in [4.69, 9.17) is 4.74 Å². The molecule has 1 aliphatic heterocycles. The summed E-state index contributed by atoms with van der Waals surface area (Å²) in [6.07, 6.45) is 5.87. The summed E-state index contributed by atoms with van der Waals surface area (Å²) in [6, 6.07) is 0. The topological polar surface area (TPSA) is 29.5 Å². The molecule has 0 bridgehead atoms. The standard InChI is InChI=1S/C9H16O2/c10-9(5-6-11-7-9)8-3-1-2-4-8/h8,10H,1-7H2. The summed E-state index contributed by atoms with van der Waals surface area (Å²) in [5.41, 5.74) is -0.448. The lowest BCUT2D eigenvalue weighted by atomic mass is 9.85. The van der Waals surface area contributed by atoms with Crippen molar-refractivity contribution in [2.45, 2.75) is 37.7 Å². The summed E-state index contributed by atoms with van der Waals surface area (Å²) < 4.78 is 5.22. The normalized spacial score (nSPS) is 40.1. The molecular weight excluding hydrogens is 140 g/mol. The second-order valence-corrected chi connectivity index (χ2v) is 3.89. The average Bonchev–Trinajstić information content (AvgIpc) is 2.55. The molecule has 0 aromatic rings. The van der Waals surface area contributed by atoms with Crippen molar-refractivity contribution in [2.24, 2.45) is 5.92 Å². The molecule has 0 amide bonds. The highest BCUT2D eigenvalue weighted by atomic mass is 16.5. The predicted molar refractivity (Wildman–Crippen MR) is 42.3 cm³/mol. The zero-order valence-electron chi connectivity index (χ0n) is 6.88. The number of aliphatic hydroxyl groups is 1. The molecule has 11 heavy (non-hydrogen) atoms. The van der Waals surface area contributed by atoms with Crippen molar-refractivity contribution in [3.05, 3.63) is 0 Å². The maximum absolute atomic E-state index is 10.1. The van der Waals surface area contributed by atoms with Gasteiger partial charge in [0.05, 0.1) is 12.2 Å². The van der Waals surface area contributed by atoms with E-state index in [1.807, 2.05) is 0 Å². The van der Waals surface area contributed by atoms with E-state index in [-0.39, 0.29) is 0 Å². The quantitative estimate of drug-likeness (QED) is 0.620. The van der Waals surface area contributed by atoms with Crippen molar-refractivity contribution < 1.29 is 9.84 Å². The number of rotatable bonds is 1. The van der Waals surface area contributed by atoms with Gasteiger partial charge in [0, 0.05) is 13.0 Å². The van der Waals surface area contributed by atoms with Crippen LogP contribution in [0.3, 0.4) is 0 Å². The highest BCUT2D eigenvalue weighted by Gasteiger charge is 2.41. The highest BCUT2D eigenvalue weighted by molar-refractivity contribution is 4.91. The van der Waals surface area contributed by atoms with Crippen LogP contribution >= 0.6 is 0 Å². The van der Waals surface area contributed by atoms with E-state index in [0.29, 0.717) is 12.5 Å². The molecule has 0 radical (unpaired) electrons. The smallest absolute Gasteiger partial charge is 0.0929 e. The van der Waals surface area contributed by atoms with Crippen molar-refractivity contribution in [1.82, 2.24) is 0 Å². The molecule has 1 unspecified atom stereocenters. The summed E-state index contributed by atoms with van der Waals surface area (Å²) in [7, 11) is 0.